The van der Waals surface area contributed by atoms with Gasteiger partial charge in [-0.05, 0) is 18.2 Å². The summed E-state index contributed by atoms with van der Waals surface area (Å²) in [6.45, 7) is 1.08. The van der Waals surface area contributed by atoms with Gasteiger partial charge in [0.2, 0.25) is 0 Å². The Kier molecular flexibility index (Phi) is 4.60. The van der Waals surface area contributed by atoms with Crippen molar-refractivity contribution in [2.45, 2.75) is 6.42 Å². The van der Waals surface area contributed by atoms with Crippen LogP contribution < -0.4 is 10.6 Å². The molecule has 0 aromatic heterocycles. The van der Waals surface area contributed by atoms with Crippen molar-refractivity contribution in [2.75, 3.05) is 13.2 Å². The number of benzene rings is 1. The Bertz CT molecular complexity index is 255. The van der Waals surface area contributed by atoms with Gasteiger partial charge in [0, 0.05) is 11.4 Å². The van der Waals surface area contributed by atoms with Crippen LogP contribution in [0.3, 0.4) is 0 Å². The predicted molar refractivity (Wildman–Crippen MR) is 51.7 cm³/mol. The van der Waals surface area contributed by atoms with Crippen LogP contribution in [0.2, 0.25) is 5.02 Å². The van der Waals surface area contributed by atoms with E-state index in [0.29, 0.717) is 18.2 Å². The maximum Gasteiger partial charge on any atom is 0.120 e. The molecule has 0 unspecified atom stereocenters. The van der Waals surface area contributed by atoms with E-state index in [4.69, 9.17) is 22.2 Å². The molecular formula is C9H12ClNO2. The van der Waals surface area contributed by atoms with Crippen LogP contribution in [0.25, 0.3) is 0 Å². The molecule has 0 aliphatic heterocycles. The summed E-state index contributed by atoms with van der Waals surface area (Å²) in [6.07, 6.45) is 0.767. The summed E-state index contributed by atoms with van der Waals surface area (Å²) in [5.41, 5.74) is 0. The van der Waals surface area contributed by atoms with Gasteiger partial charge in [-0.3, -0.25) is 0 Å². The summed E-state index contributed by atoms with van der Waals surface area (Å²) in [4.78, 5) is 4.40. The largest absolute Gasteiger partial charge is 0.493 e. The van der Waals surface area contributed by atoms with Crippen LogP contribution in [0, 0.1) is 0 Å². The Hall–Kier alpha value is -0.770. The second kappa shape index (κ2) is 5.80. The molecule has 72 valence electrons. The van der Waals surface area contributed by atoms with Crippen molar-refractivity contribution in [3.05, 3.63) is 29.3 Å². The van der Waals surface area contributed by atoms with E-state index in [0.717, 1.165) is 12.2 Å². The van der Waals surface area contributed by atoms with Crippen molar-refractivity contribution in [1.29, 1.82) is 0 Å². The van der Waals surface area contributed by atoms with Crippen LogP contribution in [-0.2, 0) is 4.84 Å². The third-order valence-corrected chi connectivity index (χ3v) is 1.71. The fourth-order valence-corrected chi connectivity index (χ4v) is 1.07. The van der Waals surface area contributed by atoms with Gasteiger partial charge < -0.3 is 9.57 Å². The second-order valence-electron chi connectivity index (χ2n) is 2.53. The highest BCUT2D eigenvalue weighted by Gasteiger charge is 1.94. The Morgan fingerprint density at radius 2 is 2.15 bits per heavy atom. The third-order valence-electron chi connectivity index (χ3n) is 1.47. The molecular weight excluding hydrogens is 190 g/mol. The molecule has 0 saturated heterocycles. The smallest absolute Gasteiger partial charge is 0.120 e. The predicted octanol–water partition coefficient (Wildman–Crippen LogP) is 2.00. The van der Waals surface area contributed by atoms with Crippen molar-refractivity contribution in [3.8, 4) is 5.75 Å². The van der Waals surface area contributed by atoms with Crippen LogP contribution in [0.15, 0.2) is 24.3 Å². The lowest BCUT2D eigenvalue weighted by Crippen LogP contribution is -2.06. The van der Waals surface area contributed by atoms with E-state index in [1.54, 1.807) is 12.1 Å². The van der Waals surface area contributed by atoms with Gasteiger partial charge in [-0.2, -0.15) is 0 Å². The van der Waals surface area contributed by atoms with E-state index in [-0.39, 0.29) is 0 Å². The molecule has 0 spiro atoms. The highest BCUT2D eigenvalue weighted by atomic mass is 35.5. The van der Waals surface area contributed by atoms with Gasteiger partial charge in [-0.25, -0.2) is 5.90 Å². The monoisotopic (exact) mass is 201 g/mol. The van der Waals surface area contributed by atoms with Crippen molar-refractivity contribution < 1.29 is 9.57 Å². The van der Waals surface area contributed by atoms with E-state index < -0.39 is 0 Å². The van der Waals surface area contributed by atoms with Crippen LogP contribution >= 0.6 is 11.6 Å². The number of nitrogens with two attached hydrogens (primary N) is 1. The van der Waals surface area contributed by atoms with Crippen LogP contribution in [-0.4, -0.2) is 13.2 Å². The normalized spacial score (nSPS) is 10.0. The van der Waals surface area contributed by atoms with Gasteiger partial charge >= 0.3 is 0 Å². The minimum atomic E-state index is 0.501. The second-order valence-corrected chi connectivity index (χ2v) is 2.97. The van der Waals surface area contributed by atoms with Crippen LogP contribution in [0.1, 0.15) is 6.42 Å². The lowest BCUT2D eigenvalue weighted by molar-refractivity contribution is 0.122. The molecule has 0 aliphatic rings. The zero-order valence-electron chi connectivity index (χ0n) is 7.20. The van der Waals surface area contributed by atoms with Crippen molar-refractivity contribution in [3.63, 3.8) is 0 Å². The summed E-state index contributed by atoms with van der Waals surface area (Å²) >= 11 is 5.76. The molecule has 0 bridgehead atoms. The maximum absolute atomic E-state index is 5.76. The first kappa shape index (κ1) is 10.3. The summed E-state index contributed by atoms with van der Waals surface area (Å²) in [7, 11) is 0. The average molecular weight is 202 g/mol. The Labute approximate surface area is 82.4 Å². The number of hydrogen-bond donors (Lipinski definition) is 1. The molecule has 1 aromatic carbocycles. The molecule has 4 heteroatoms. The Morgan fingerprint density at radius 1 is 1.31 bits per heavy atom. The number of halogens is 1. The van der Waals surface area contributed by atoms with E-state index in [9.17, 15) is 0 Å². The highest BCUT2D eigenvalue weighted by Crippen LogP contribution is 2.16. The average Bonchev–Trinajstić information content (AvgIpc) is 2.13. The highest BCUT2D eigenvalue weighted by molar-refractivity contribution is 6.30. The number of ether oxygens (including phenoxy) is 1. The van der Waals surface area contributed by atoms with Crippen LogP contribution in [0.4, 0.5) is 0 Å². The minimum Gasteiger partial charge on any atom is -0.493 e. The summed E-state index contributed by atoms with van der Waals surface area (Å²) in [5, 5.41) is 0.674. The van der Waals surface area contributed by atoms with Crippen LogP contribution in [0.5, 0.6) is 5.75 Å². The SMILES string of the molecule is NOCCCOc1cccc(Cl)c1. The zero-order valence-corrected chi connectivity index (χ0v) is 7.96. The molecule has 0 amide bonds. The van der Waals surface area contributed by atoms with Crippen molar-refractivity contribution in [1.82, 2.24) is 0 Å². The van der Waals surface area contributed by atoms with Gasteiger partial charge in [0.1, 0.15) is 5.75 Å². The first-order valence-electron chi connectivity index (χ1n) is 4.03. The Morgan fingerprint density at radius 3 is 2.85 bits per heavy atom. The molecule has 0 saturated carbocycles. The molecule has 0 radical (unpaired) electrons. The summed E-state index contributed by atoms with van der Waals surface area (Å²) < 4.78 is 5.37. The van der Waals surface area contributed by atoms with Gasteiger partial charge in [0.25, 0.3) is 0 Å². The standard InChI is InChI=1S/C9H12ClNO2/c10-8-3-1-4-9(7-8)12-5-2-6-13-11/h1,3-4,7H,2,5-6,11H2. The first-order chi connectivity index (χ1) is 6.33. The summed E-state index contributed by atoms with van der Waals surface area (Å²) in [6, 6.07) is 7.27. The van der Waals surface area contributed by atoms with E-state index >= 15 is 0 Å². The van der Waals surface area contributed by atoms with Gasteiger partial charge in [-0.1, -0.05) is 17.7 Å². The molecule has 2 N–H and O–H groups in total. The lowest BCUT2D eigenvalue weighted by Gasteiger charge is -2.05. The number of rotatable bonds is 5. The Balaban J connectivity index is 2.28. The van der Waals surface area contributed by atoms with E-state index in [1.807, 2.05) is 12.1 Å². The molecule has 3 nitrogen and oxygen atoms in total. The fraction of sp³-hybridized carbons (Fsp3) is 0.333. The molecule has 0 atom stereocenters. The van der Waals surface area contributed by atoms with Gasteiger partial charge in [0.05, 0.1) is 13.2 Å². The van der Waals surface area contributed by atoms with Crippen molar-refractivity contribution >= 4 is 11.6 Å². The molecule has 1 rings (SSSR count). The lowest BCUT2D eigenvalue weighted by atomic mass is 10.3. The van der Waals surface area contributed by atoms with E-state index in [2.05, 4.69) is 4.84 Å². The van der Waals surface area contributed by atoms with Crippen molar-refractivity contribution in [2.24, 2.45) is 5.90 Å². The first-order valence-corrected chi connectivity index (χ1v) is 4.41. The molecule has 0 fully saturated rings. The number of hydrogen-bond acceptors (Lipinski definition) is 3. The summed E-state index contributed by atoms with van der Waals surface area (Å²) in [5.74, 6) is 5.62. The minimum absolute atomic E-state index is 0.501. The fourth-order valence-electron chi connectivity index (χ4n) is 0.889. The van der Waals surface area contributed by atoms with Gasteiger partial charge in [0.15, 0.2) is 0 Å². The molecule has 0 heterocycles. The molecule has 0 aliphatic carbocycles. The molecule has 1 aromatic rings. The third kappa shape index (κ3) is 4.12. The zero-order chi connectivity index (χ0) is 9.52. The molecule has 13 heavy (non-hydrogen) atoms. The van der Waals surface area contributed by atoms with Gasteiger partial charge in [-0.15, -0.1) is 0 Å². The van der Waals surface area contributed by atoms with E-state index in [1.165, 1.54) is 0 Å². The topological polar surface area (TPSA) is 44.5 Å². The maximum atomic E-state index is 5.76. The quantitative estimate of drug-likeness (QED) is 0.586.